The molecule has 0 fully saturated rings. The molecule has 164 valence electrons. The van der Waals surface area contributed by atoms with E-state index < -0.39 is 29.4 Å². The minimum Gasteiger partial charge on any atom is -0.480 e. The molecule has 0 bridgehead atoms. The van der Waals surface area contributed by atoms with E-state index in [9.17, 15) is 18.0 Å². The van der Waals surface area contributed by atoms with E-state index in [2.05, 4.69) is 34.5 Å². The van der Waals surface area contributed by atoms with Crippen molar-refractivity contribution in [3.05, 3.63) is 65.0 Å². The monoisotopic (exact) mass is 433 g/mol. The van der Waals surface area contributed by atoms with E-state index in [-0.39, 0.29) is 11.7 Å². The predicted octanol–water partition coefficient (Wildman–Crippen LogP) is 4.30. The highest BCUT2D eigenvalue weighted by molar-refractivity contribution is 5.95. The van der Waals surface area contributed by atoms with Crippen molar-refractivity contribution in [1.82, 2.24) is 25.3 Å². The minimum absolute atomic E-state index is 0.139. The normalized spacial score (nSPS) is 12.6. The number of nitrogens with zero attached hydrogens (tertiary/aromatic N) is 4. The van der Waals surface area contributed by atoms with E-state index in [1.54, 1.807) is 6.92 Å². The van der Waals surface area contributed by atoms with E-state index in [1.165, 1.54) is 19.2 Å². The number of benzene rings is 1. The van der Waals surface area contributed by atoms with E-state index in [1.807, 2.05) is 24.3 Å². The molecule has 0 spiro atoms. The van der Waals surface area contributed by atoms with Gasteiger partial charge in [-0.3, -0.25) is 4.79 Å². The molecule has 0 aliphatic rings. The first kappa shape index (κ1) is 22.3. The zero-order chi connectivity index (χ0) is 22.8. The molecule has 2 heterocycles. The Morgan fingerprint density at radius 3 is 2.19 bits per heavy atom. The Bertz CT molecular complexity index is 1040. The molecular weight excluding hydrogens is 411 g/mol. The lowest BCUT2D eigenvalue weighted by Crippen LogP contribution is -2.29. The lowest BCUT2D eigenvalue weighted by molar-refractivity contribution is -0.143. The number of carbonyl (C=O) groups is 1. The zero-order valence-corrected chi connectivity index (χ0v) is 17.4. The number of methoxy groups -OCH3 is 1. The maximum absolute atomic E-state index is 13.8. The van der Waals surface area contributed by atoms with E-state index in [0.29, 0.717) is 10.6 Å². The largest absolute Gasteiger partial charge is 0.480 e. The van der Waals surface area contributed by atoms with Crippen LogP contribution in [0.3, 0.4) is 0 Å². The highest BCUT2D eigenvalue weighted by Crippen LogP contribution is 2.33. The van der Waals surface area contributed by atoms with Crippen molar-refractivity contribution in [1.29, 1.82) is 0 Å². The summed E-state index contributed by atoms with van der Waals surface area (Å²) in [6.07, 6.45) is -3.97. The Morgan fingerprint density at radius 1 is 1.03 bits per heavy atom. The number of halogens is 3. The van der Waals surface area contributed by atoms with Crippen molar-refractivity contribution in [2.75, 3.05) is 7.11 Å². The van der Waals surface area contributed by atoms with Crippen LogP contribution in [-0.4, -0.2) is 33.0 Å². The summed E-state index contributed by atoms with van der Waals surface area (Å²) in [5.41, 5.74) is 0.0748. The Labute approximate surface area is 177 Å². The molecule has 1 N–H and O–H groups in total. The third-order valence-corrected chi connectivity index (χ3v) is 4.79. The number of rotatable bonds is 6. The van der Waals surface area contributed by atoms with Gasteiger partial charge in [0.05, 0.1) is 24.9 Å². The molecule has 2 aromatic heterocycles. The van der Waals surface area contributed by atoms with Gasteiger partial charge >= 0.3 is 6.18 Å². The molecule has 10 heteroatoms. The molecular formula is C21H22F3N5O2. The second kappa shape index (κ2) is 8.75. The summed E-state index contributed by atoms with van der Waals surface area (Å²) in [5.74, 6) is -0.593. The van der Waals surface area contributed by atoms with Gasteiger partial charge in [-0.15, -0.1) is 10.2 Å². The highest BCUT2D eigenvalue weighted by atomic mass is 19.4. The van der Waals surface area contributed by atoms with Gasteiger partial charge in [0.15, 0.2) is 11.5 Å². The summed E-state index contributed by atoms with van der Waals surface area (Å²) in [5, 5.41) is 13.7. The van der Waals surface area contributed by atoms with Crippen molar-refractivity contribution < 1.29 is 22.7 Å². The van der Waals surface area contributed by atoms with Crippen LogP contribution in [0.4, 0.5) is 13.2 Å². The number of aromatic nitrogens is 4. The number of ether oxygens (including phenoxy) is 1. The minimum atomic E-state index is -4.84. The van der Waals surface area contributed by atoms with Gasteiger partial charge in [-0.1, -0.05) is 38.1 Å². The zero-order valence-electron chi connectivity index (χ0n) is 17.4. The summed E-state index contributed by atoms with van der Waals surface area (Å²) in [7, 11) is 1.36. The summed E-state index contributed by atoms with van der Waals surface area (Å²) < 4.78 is 46.8. The van der Waals surface area contributed by atoms with Crippen molar-refractivity contribution in [2.24, 2.45) is 0 Å². The Balaban J connectivity index is 1.89. The smallest absolute Gasteiger partial charge is 0.434 e. The van der Waals surface area contributed by atoms with Gasteiger partial charge in [-0.2, -0.15) is 18.3 Å². The Kier molecular flexibility index (Phi) is 6.28. The van der Waals surface area contributed by atoms with Gasteiger partial charge in [-0.25, -0.2) is 4.68 Å². The SMILES string of the molecule is COc1ccc(-n2ncc(C(=O)NC(C)c3ccc(C(C)C)cc3)c2C(F)(F)F)nn1. The molecule has 1 unspecified atom stereocenters. The number of carbonyl (C=O) groups excluding carboxylic acids is 1. The fourth-order valence-corrected chi connectivity index (χ4v) is 3.02. The molecule has 0 aliphatic heterocycles. The average Bonchev–Trinajstić information content (AvgIpc) is 3.20. The standard InChI is InChI=1S/C21H22F3N5O2/c1-12(2)14-5-7-15(8-6-14)13(3)26-20(30)16-11-25-29(19(16)21(22,23)24)17-9-10-18(31-4)28-27-17/h5-13H,1-4H3,(H,26,30). The van der Waals surface area contributed by atoms with Gasteiger partial charge in [-0.05, 0) is 30.0 Å². The number of alkyl halides is 3. The highest BCUT2D eigenvalue weighted by Gasteiger charge is 2.41. The lowest BCUT2D eigenvalue weighted by Gasteiger charge is -2.16. The first-order valence-electron chi connectivity index (χ1n) is 9.55. The van der Waals surface area contributed by atoms with Crippen LogP contribution in [0.2, 0.25) is 0 Å². The third kappa shape index (κ3) is 4.84. The van der Waals surface area contributed by atoms with E-state index in [4.69, 9.17) is 4.74 Å². The number of nitrogens with one attached hydrogen (secondary N) is 1. The first-order valence-corrected chi connectivity index (χ1v) is 9.55. The predicted molar refractivity (Wildman–Crippen MR) is 107 cm³/mol. The van der Waals surface area contributed by atoms with Crippen molar-refractivity contribution >= 4 is 5.91 Å². The molecule has 1 atom stereocenters. The number of hydrogen-bond acceptors (Lipinski definition) is 5. The quantitative estimate of drug-likeness (QED) is 0.627. The summed E-state index contributed by atoms with van der Waals surface area (Å²) >= 11 is 0. The van der Waals surface area contributed by atoms with Gasteiger partial charge < -0.3 is 10.1 Å². The molecule has 31 heavy (non-hydrogen) atoms. The molecule has 0 saturated heterocycles. The van der Waals surface area contributed by atoms with Gasteiger partial charge in [0, 0.05) is 6.07 Å². The fraction of sp³-hybridized carbons (Fsp3) is 0.333. The van der Waals surface area contributed by atoms with Crippen molar-refractivity contribution in [2.45, 2.75) is 38.9 Å². The number of hydrogen-bond donors (Lipinski definition) is 1. The second-order valence-electron chi connectivity index (χ2n) is 7.27. The van der Waals surface area contributed by atoms with Crippen LogP contribution in [0, 0.1) is 0 Å². The fourth-order valence-electron chi connectivity index (χ4n) is 3.02. The Morgan fingerprint density at radius 2 is 1.68 bits per heavy atom. The molecule has 3 rings (SSSR count). The molecule has 3 aromatic rings. The van der Waals surface area contributed by atoms with Gasteiger partial charge in [0.1, 0.15) is 0 Å². The topological polar surface area (TPSA) is 81.9 Å². The molecule has 1 amide bonds. The number of amides is 1. The maximum Gasteiger partial charge on any atom is 0.434 e. The Hall–Kier alpha value is -3.43. The second-order valence-corrected chi connectivity index (χ2v) is 7.27. The van der Waals surface area contributed by atoms with Gasteiger partial charge in [0.2, 0.25) is 5.88 Å². The lowest BCUT2D eigenvalue weighted by atomic mass is 9.99. The van der Waals surface area contributed by atoms with Crippen LogP contribution in [0.15, 0.2) is 42.6 Å². The first-order chi connectivity index (χ1) is 14.6. The van der Waals surface area contributed by atoms with Crippen LogP contribution >= 0.6 is 0 Å². The van der Waals surface area contributed by atoms with Crippen LogP contribution in [0.5, 0.6) is 5.88 Å². The molecule has 0 radical (unpaired) electrons. The summed E-state index contributed by atoms with van der Waals surface area (Å²) in [4.78, 5) is 12.7. The average molecular weight is 433 g/mol. The summed E-state index contributed by atoms with van der Waals surface area (Å²) in [6, 6.07) is 9.69. The van der Waals surface area contributed by atoms with Crippen LogP contribution in [0.1, 0.15) is 59.9 Å². The molecule has 1 aromatic carbocycles. The molecule has 0 saturated carbocycles. The van der Waals surface area contributed by atoms with Gasteiger partial charge in [0.25, 0.3) is 5.91 Å². The third-order valence-electron chi connectivity index (χ3n) is 4.79. The van der Waals surface area contributed by atoms with Crippen molar-refractivity contribution in [3.63, 3.8) is 0 Å². The van der Waals surface area contributed by atoms with E-state index in [0.717, 1.165) is 17.3 Å². The van der Waals surface area contributed by atoms with Crippen LogP contribution in [-0.2, 0) is 6.18 Å². The van der Waals surface area contributed by atoms with Crippen LogP contribution < -0.4 is 10.1 Å². The van der Waals surface area contributed by atoms with E-state index >= 15 is 0 Å². The van der Waals surface area contributed by atoms with Crippen molar-refractivity contribution in [3.8, 4) is 11.7 Å². The summed E-state index contributed by atoms with van der Waals surface area (Å²) in [6.45, 7) is 5.82. The van der Waals surface area contributed by atoms with Crippen LogP contribution in [0.25, 0.3) is 5.82 Å². The molecule has 0 aliphatic carbocycles. The molecule has 7 nitrogen and oxygen atoms in total. The maximum atomic E-state index is 13.8.